The van der Waals surface area contributed by atoms with Crippen molar-refractivity contribution in [2.75, 3.05) is 4.90 Å². The van der Waals surface area contributed by atoms with Gasteiger partial charge in [-0.1, -0.05) is 36.8 Å². The molecule has 7 heteroatoms. The average Bonchev–Trinajstić information content (AvgIpc) is 3.49. The first-order valence-electron chi connectivity index (χ1n) is 12.2. The number of aryl methyl sites for hydroxylation is 1. The Balaban J connectivity index is 1.47. The molecule has 3 unspecified atom stereocenters. The summed E-state index contributed by atoms with van der Waals surface area (Å²) in [7, 11) is 0. The van der Waals surface area contributed by atoms with E-state index in [4.69, 9.17) is 5.73 Å². The number of carbonyl (C=O) groups excluding carboxylic acids is 2. The lowest BCUT2D eigenvalue weighted by atomic mass is 9.75. The molecule has 0 radical (unpaired) electrons. The van der Waals surface area contributed by atoms with E-state index in [1.165, 1.54) is 12.1 Å². The Morgan fingerprint density at radius 2 is 1.78 bits per heavy atom. The van der Waals surface area contributed by atoms with Crippen molar-refractivity contribution in [1.29, 1.82) is 0 Å². The van der Waals surface area contributed by atoms with Crippen molar-refractivity contribution in [3.63, 3.8) is 0 Å². The highest BCUT2D eigenvalue weighted by atomic mass is 19.1. The van der Waals surface area contributed by atoms with Crippen LogP contribution in [0.1, 0.15) is 36.9 Å². The van der Waals surface area contributed by atoms with Gasteiger partial charge in [0.25, 0.3) is 0 Å². The third kappa shape index (κ3) is 3.33. The van der Waals surface area contributed by atoms with E-state index in [-0.39, 0.29) is 35.5 Å². The van der Waals surface area contributed by atoms with Crippen LogP contribution in [0.15, 0.2) is 72.9 Å². The second kappa shape index (κ2) is 8.01. The maximum absolute atomic E-state index is 13.8. The molecule has 2 aliphatic rings. The number of fused-ring (bicyclic) bond motifs is 1. The fourth-order valence-corrected chi connectivity index (χ4v) is 6.06. The predicted molar refractivity (Wildman–Crippen MR) is 136 cm³/mol. The molecule has 2 amide bonds. The Hall–Kier alpha value is -4.00. The summed E-state index contributed by atoms with van der Waals surface area (Å²) in [6, 6.07) is 19.8. The largest absolute Gasteiger partial charge is 0.369 e. The topological polar surface area (TPSA) is 81.2 Å². The molecule has 1 aromatic heterocycles. The SMILES string of the molecule is Cc1cccc(C2C(C3(C(N)=O)CC3)C(C)C(=O)N2c2ccc3c(cnn3-c3ccc(F)cc3)c2)c1. The van der Waals surface area contributed by atoms with Gasteiger partial charge in [-0.05, 0) is 67.8 Å². The number of benzene rings is 3. The van der Waals surface area contributed by atoms with E-state index in [1.807, 2.05) is 55.1 Å². The number of anilines is 1. The minimum Gasteiger partial charge on any atom is -0.369 e. The molecule has 1 aliphatic carbocycles. The van der Waals surface area contributed by atoms with Gasteiger partial charge in [-0.3, -0.25) is 9.59 Å². The first-order valence-corrected chi connectivity index (χ1v) is 12.2. The highest BCUT2D eigenvalue weighted by molar-refractivity contribution is 6.01. The van der Waals surface area contributed by atoms with Crippen LogP contribution < -0.4 is 10.6 Å². The summed E-state index contributed by atoms with van der Waals surface area (Å²) in [5, 5.41) is 5.36. The van der Waals surface area contributed by atoms with Crippen LogP contribution in [-0.4, -0.2) is 21.6 Å². The van der Waals surface area contributed by atoms with Crippen LogP contribution in [0.2, 0.25) is 0 Å². The van der Waals surface area contributed by atoms with Crippen LogP contribution in [0, 0.1) is 30.0 Å². The summed E-state index contributed by atoms with van der Waals surface area (Å²) >= 11 is 0. The van der Waals surface area contributed by atoms with Gasteiger partial charge in [0.2, 0.25) is 11.8 Å². The number of amides is 2. The molecular weight excluding hydrogens is 455 g/mol. The second-order valence-electron chi connectivity index (χ2n) is 10.2. The first-order chi connectivity index (χ1) is 17.3. The van der Waals surface area contributed by atoms with Crippen molar-refractivity contribution >= 4 is 28.4 Å². The van der Waals surface area contributed by atoms with Crippen molar-refractivity contribution in [3.8, 4) is 5.69 Å². The highest BCUT2D eigenvalue weighted by Crippen LogP contribution is 2.62. The second-order valence-corrected chi connectivity index (χ2v) is 10.2. The van der Waals surface area contributed by atoms with E-state index in [2.05, 4.69) is 11.2 Å². The molecule has 36 heavy (non-hydrogen) atoms. The number of hydrogen-bond acceptors (Lipinski definition) is 3. The fourth-order valence-electron chi connectivity index (χ4n) is 6.06. The van der Waals surface area contributed by atoms with Gasteiger partial charge in [-0.2, -0.15) is 5.10 Å². The highest BCUT2D eigenvalue weighted by Gasteiger charge is 2.64. The minimum absolute atomic E-state index is 0.00990. The Kier molecular flexibility index (Phi) is 5.00. The van der Waals surface area contributed by atoms with Crippen molar-refractivity contribution in [2.45, 2.75) is 32.7 Å². The van der Waals surface area contributed by atoms with E-state index in [9.17, 15) is 14.0 Å². The van der Waals surface area contributed by atoms with Crippen LogP contribution in [-0.2, 0) is 9.59 Å². The molecule has 4 aromatic rings. The van der Waals surface area contributed by atoms with Crippen LogP contribution in [0.5, 0.6) is 0 Å². The molecule has 1 aliphatic heterocycles. The minimum atomic E-state index is -0.657. The predicted octanol–water partition coefficient (Wildman–Crippen LogP) is 5.08. The molecule has 2 N–H and O–H groups in total. The number of carbonyl (C=O) groups is 2. The van der Waals surface area contributed by atoms with Gasteiger partial charge in [0.15, 0.2) is 0 Å². The first kappa shape index (κ1) is 22.5. The van der Waals surface area contributed by atoms with Crippen LogP contribution >= 0.6 is 0 Å². The molecule has 1 saturated heterocycles. The zero-order valence-corrected chi connectivity index (χ0v) is 20.2. The molecule has 2 fully saturated rings. The molecule has 1 saturated carbocycles. The number of hydrogen-bond donors (Lipinski definition) is 1. The molecule has 0 spiro atoms. The number of nitrogens with zero attached hydrogens (tertiary/aromatic N) is 3. The standard InChI is InChI=1S/C29H27FN4O2/c1-17-4-3-5-19(14-17)26-25(29(12-13-29)28(31)36)18(2)27(35)33(26)23-10-11-24-20(15-23)16-32-34(24)22-8-6-21(30)7-9-22/h3-11,14-16,18,25-26H,12-13H2,1-2H3,(H2,31,36). The van der Waals surface area contributed by atoms with Crippen molar-refractivity contribution in [3.05, 3.63) is 89.9 Å². The van der Waals surface area contributed by atoms with Gasteiger partial charge in [0, 0.05) is 22.9 Å². The Morgan fingerprint density at radius 1 is 1.06 bits per heavy atom. The summed E-state index contributed by atoms with van der Waals surface area (Å²) in [4.78, 5) is 28.2. The monoisotopic (exact) mass is 482 g/mol. The molecule has 6 rings (SSSR count). The average molecular weight is 483 g/mol. The number of halogens is 1. The smallest absolute Gasteiger partial charge is 0.230 e. The lowest BCUT2D eigenvalue weighted by Gasteiger charge is -2.32. The maximum atomic E-state index is 13.8. The third-order valence-electron chi connectivity index (χ3n) is 7.99. The van der Waals surface area contributed by atoms with Crippen molar-refractivity contribution in [1.82, 2.24) is 9.78 Å². The van der Waals surface area contributed by atoms with Crippen LogP contribution in [0.25, 0.3) is 16.6 Å². The van der Waals surface area contributed by atoms with Crippen molar-refractivity contribution in [2.24, 2.45) is 23.0 Å². The van der Waals surface area contributed by atoms with Crippen molar-refractivity contribution < 1.29 is 14.0 Å². The Morgan fingerprint density at radius 3 is 2.44 bits per heavy atom. The fraction of sp³-hybridized carbons (Fsp3) is 0.276. The van der Waals surface area contributed by atoms with E-state index in [0.717, 1.165) is 33.4 Å². The molecule has 0 bridgehead atoms. The van der Waals surface area contributed by atoms with E-state index >= 15 is 0 Å². The van der Waals surface area contributed by atoms with E-state index in [1.54, 1.807) is 23.0 Å². The molecule has 3 atom stereocenters. The summed E-state index contributed by atoms with van der Waals surface area (Å²) in [5.41, 5.74) is 9.72. The van der Waals surface area contributed by atoms with Gasteiger partial charge in [-0.25, -0.2) is 9.07 Å². The summed E-state index contributed by atoms with van der Waals surface area (Å²) in [6.45, 7) is 3.95. The zero-order chi connectivity index (χ0) is 25.2. The number of aromatic nitrogens is 2. The van der Waals surface area contributed by atoms with Crippen LogP contribution in [0.4, 0.5) is 10.1 Å². The number of rotatable bonds is 5. The van der Waals surface area contributed by atoms with Gasteiger partial charge in [0.05, 0.1) is 28.9 Å². The summed E-state index contributed by atoms with van der Waals surface area (Å²) < 4.78 is 15.2. The number of primary amides is 1. The maximum Gasteiger partial charge on any atom is 0.230 e. The lowest BCUT2D eigenvalue weighted by molar-refractivity contribution is -0.126. The zero-order valence-electron chi connectivity index (χ0n) is 20.2. The van der Waals surface area contributed by atoms with E-state index in [0.29, 0.717) is 12.8 Å². The van der Waals surface area contributed by atoms with Crippen LogP contribution in [0.3, 0.4) is 0 Å². The Bertz CT molecular complexity index is 1510. The molecule has 6 nitrogen and oxygen atoms in total. The van der Waals surface area contributed by atoms with E-state index < -0.39 is 5.41 Å². The summed E-state index contributed by atoms with van der Waals surface area (Å²) in [6.07, 6.45) is 3.17. The summed E-state index contributed by atoms with van der Waals surface area (Å²) in [5.74, 6) is -1.18. The molecular formula is C29H27FN4O2. The molecule has 2 heterocycles. The van der Waals surface area contributed by atoms with Gasteiger partial charge < -0.3 is 10.6 Å². The third-order valence-corrected chi connectivity index (χ3v) is 7.99. The molecule has 182 valence electrons. The van der Waals surface area contributed by atoms with Gasteiger partial charge in [0.1, 0.15) is 5.82 Å². The quantitative estimate of drug-likeness (QED) is 0.431. The van der Waals surface area contributed by atoms with Gasteiger partial charge in [-0.15, -0.1) is 0 Å². The lowest BCUT2D eigenvalue weighted by Crippen LogP contribution is -2.37. The number of nitrogens with two attached hydrogens (primary N) is 1. The molecule has 3 aromatic carbocycles. The Labute approximate surface area is 208 Å². The normalized spacial score (nSPS) is 22.8. The van der Waals surface area contributed by atoms with Gasteiger partial charge >= 0.3 is 0 Å².